The molecule has 2 N–H and O–H groups in total. The maximum absolute atomic E-state index is 11.6. The molecule has 1 aromatic rings. The van der Waals surface area contributed by atoms with E-state index in [1.807, 2.05) is 39.0 Å². The number of hydrogen-bond donors (Lipinski definition) is 2. The maximum atomic E-state index is 11.6. The van der Waals surface area contributed by atoms with Gasteiger partial charge in [0, 0.05) is 11.7 Å². The standard InChI is InChI=1S/C13H18N2O2/c1-4-10(3)14-12(16)13(17)15-11-8-6-5-7-9(11)2/h5-8,10H,4H2,1-3H3,(H,14,16)(H,15,17)/t10-/m0/s1. The smallest absolute Gasteiger partial charge is 0.313 e. The molecular formula is C13H18N2O2. The van der Waals surface area contributed by atoms with Gasteiger partial charge in [-0.15, -0.1) is 0 Å². The summed E-state index contributed by atoms with van der Waals surface area (Å²) in [5, 5.41) is 5.21. The highest BCUT2D eigenvalue weighted by Gasteiger charge is 2.15. The summed E-state index contributed by atoms with van der Waals surface area (Å²) in [6.45, 7) is 5.69. The minimum absolute atomic E-state index is 0.00474. The van der Waals surface area contributed by atoms with E-state index in [2.05, 4.69) is 10.6 Å². The van der Waals surface area contributed by atoms with Gasteiger partial charge in [-0.05, 0) is 31.9 Å². The van der Waals surface area contributed by atoms with Crippen molar-refractivity contribution in [1.82, 2.24) is 5.32 Å². The van der Waals surface area contributed by atoms with Gasteiger partial charge in [0.05, 0.1) is 0 Å². The van der Waals surface area contributed by atoms with Gasteiger partial charge >= 0.3 is 11.8 Å². The van der Waals surface area contributed by atoms with Crippen LogP contribution in [0.1, 0.15) is 25.8 Å². The number of amides is 2. The van der Waals surface area contributed by atoms with Crippen molar-refractivity contribution in [3.8, 4) is 0 Å². The van der Waals surface area contributed by atoms with E-state index >= 15 is 0 Å². The number of hydrogen-bond acceptors (Lipinski definition) is 2. The lowest BCUT2D eigenvalue weighted by Crippen LogP contribution is -2.40. The van der Waals surface area contributed by atoms with Crippen LogP contribution in [0.4, 0.5) is 5.69 Å². The highest BCUT2D eigenvalue weighted by molar-refractivity contribution is 6.39. The highest BCUT2D eigenvalue weighted by atomic mass is 16.2. The van der Waals surface area contributed by atoms with E-state index in [9.17, 15) is 9.59 Å². The Morgan fingerprint density at radius 2 is 1.88 bits per heavy atom. The van der Waals surface area contributed by atoms with Gasteiger partial charge in [-0.3, -0.25) is 9.59 Å². The van der Waals surface area contributed by atoms with Crippen molar-refractivity contribution in [2.24, 2.45) is 0 Å². The predicted molar refractivity (Wildman–Crippen MR) is 67.7 cm³/mol. The number of benzene rings is 1. The third kappa shape index (κ3) is 3.90. The van der Waals surface area contributed by atoms with E-state index < -0.39 is 11.8 Å². The average Bonchev–Trinajstić information content (AvgIpc) is 2.31. The van der Waals surface area contributed by atoms with E-state index in [4.69, 9.17) is 0 Å². The molecule has 0 aliphatic heterocycles. The second-order valence-electron chi connectivity index (χ2n) is 4.05. The van der Waals surface area contributed by atoms with Crippen molar-refractivity contribution in [2.45, 2.75) is 33.2 Å². The van der Waals surface area contributed by atoms with Crippen LogP contribution in [0.2, 0.25) is 0 Å². The SMILES string of the molecule is CC[C@H](C)NC(=O)C(=O)Nc1ccccc1C. The van der Waals surface area contributed by atoms with Crippen molar-refractivity contribution < 1.29 is 9.59 Å². The van der Waals surface area contributed by atoms with Gasteiger partial charge in [-0.25, -0.2) is 0 Å². The molecule has 17 heavy (non-hydrogen) atoms. The average molecular weight is 234 g/mol. The number of rotatable bonds is 3. The van der Waals surface area contributed by atoms with Crippen molar-refractivity contribution >= 4 is 17.5 Å². The fourth-order valence-corrected chi connectivity index (χ4v) is 1.28. The van der Waals surface area contributed by atoms with Crippen LogP contribution in [0.15, 0.2) is 24.3 Å². The summed E-state index contributed by atoms with van der Waals surface area (Å²) in [7, 11) is 0. The number of nitrogens with one attached hydrogen (secondary N) is 2. The van der Waals surface area contributed by atoms with Crippen LogP contribution >= 0.6 is 0 Å². The molecule has 0 heterocycles. The summed E-state index contributed by atoms with van der Waals surface area (Å²) in [4.78, 5) is 23.1. The third-order valence-electron chi connectivity index (χ3n) is 2.59. The van der Waals surface area contributed by atoms with E-state index in [0.29, 0.717) is 5.69 Å². The topological polar surface area (TPSA) is 58.2 Å². The fraction of sp³-hybridized carbons (Fsp3) is 0.385. The van der Waals surface area contributed by atoms with Gasteiger partial charge in [0.1, 0.15) is 0 Å². The Morgan fingerprint density at radius 3 is 2.47 bits per heavy atom. The minimum Gasteiger partial charge on any atom is -0.345 e. The Morgan fingerprint density at radius 1 is 1.24 bits per heavy atom. The zero-order valence-corrected chi connectivity index (χ0v) is 10.4. The molecule has 1 rings (SSSR count). The molecule has 0 bridgehead atoms. The van der Waals surface area contributed by atoms with Crippen LogP contribution in [-0.4, -0.2) is 17.9 Å². The third-order valence-corrected chi connectivity index (χ3v) is 2.59. The monoisotopic (exact) mass is 234 g/mol. The normalized spacial score (nSPS) is 11.7. The first-order valence-corrected chi connectivity index (χ1v) is 5.72. The molecule has 2 amide bonds. The van der Waals surface area contributed by atoms with Crippen LogP contribution in [0.5, 0.6) is 0 Å². The van der Waals surface area contributed by atoms with Gasteiger partial charge in [-0.1, -0.05) is 25.1 Å². The van der Waals surface area contributed by atoms with Crippen LogP contribution in [0, 0.1) is 6.92 Å². The Bertz CT molecular complexity index is 416. The van der Waals surface area contributed by atoms with Gasteiger partial charge < -0.3 is 10.6 Å². The van der Waals surface area contributed by atoms with Crippen molar-refractivity contribution in [2.75, 3.05) is 5.32 Å². The molecule has 0 aliphatic rings. The molecule has 0 spiro atoms. The summed E-state index contributed by atoms with van der Waals surface area (Å²) in [6, 6.07) is 7.34. The Hall–Kier alpha value is -1.84. The van der Waals surface area contributed by atoms with Crippen molar-refractivity contribution in [3.05, 3.63) is 29.8 Å². The van der Waals surface area contributed by atoms with Crippen LogP contribution < -0.4 is 10.6 Å². The van der Waals surface area contributed by atoms with E-state index in [-0.39, 0.29) is 6.04 Å². The molecule has 1 atom stereocenters. The molecule has 0 unspecified atom stereocenters. The molecule has 1 aromatic carbocycles. The molecular weight excluding hydrogens is 216 g/mol. The number of aryl methyl sites for hydroxylation is 1. The van der Waals surface area contributed by atoms with E-state index in [1.54, 1.807) is 6.07 Å². The summed E-state index contributed by atoms with van der Waals surface area (Å²) < 4.78 is 0. The molecule has 0 fully saturated rings. The molecule has 0 radical (unpaired) electrons. The summed E-state index contributed by atoms with van der Waals surface area (Å²) in [5.74, 6) is -1.22. The van der Waals surface area contributed by atoms with Crippen LogP contribution in [-0.2, 0) is 9.59 Å². The molecule has 4 nitrogen and oxygen atoms in total. The van der Waals surface area contributed by atoms with Gasteiger partial charge in [0.15, 0.2) is 0 Å². The molecule has 4 heteroatoms. The Balaban J connectivity index is 2.61. The molecule has 92 valence electrons. The van der Waals surface area contributed by atoms with Crippen molar-refractivity contribution in [3.63, 3.8) is 0 Å². The molecule has 0 aliphatic carbocycles. The van der Waals surface area contributed by atoms with Gasteiger partial charge in [0.2, 0.25) is 0 Å². The van der Waals surface area contributed by atoms with Crippen LogP contribution in [0.25, 0.3) is 0 Å². The fourth-order valence-electron chi connectivity index (χ4n) is 1.28. The van der Waals surface area contributed by atoms with Crippen LogP contribution in [0.3, 0.4) is 0 Å². The maximum Gasteiger partial charge on any atom is 0.313 e. The lowest BCUT2D eigenvalue weighted by atomic mass is 10.2. The number of para-hydroxylation sites is 1. The lowest BCUT2D eigenvalue weighted by molar-refractivity contribution is -0.136. The largest absolute Gasteiger partial charge is 0.345 e. The lowest BCUT2D eigenvalue weighted by Gasteiger charge is -2.12. The second kappa shape index (κ2) is 6.03. The number of anilines is 1. The Kier molecular flexibility index (Phi) is 4.69. The highest BCUT2D eigenvalue weighted by Crippen LogP contribution is 2.12. The van der Waals surface area contributed by atoms with E-state index in [0.717, 1.165) is 12.0 Å². The number of carbonyl (C=O) groups is 2. The van der Waals surface area contributed by atoms with Crippen molar-refractivity contribution in [1.29, 1.82) is 0 Å². The zero-order chi connectivity index (χ0) is 12.8. The first-order chi connectivity index (χ1) is 8.04. The minimum atomic E-state index is -0.625. The molecule has 0 aromatic heterocycles. The second-order valence-corrected chi connectivity index (χ2v) is 4.05. The Labute approximate surface area is 101 Å². The summed E-state index contributed by atoms with van der Waals surface area (Å²) >= 11 is 0. The summed E-state index contributed by atoms with van der Waals surface area (Å²) in [6.07, 6.45) is 0.795. The molecule has 0 saturated heterocycles. The van der Waals surface area contributed by atoms with Gasteiger partial charge in [0.25, 0.3) is 0 Å². The predicted octanol–water partition coefficient (Wildman–Crippen LogP) is 1.85. The number of carbonyl (C=O) groups excluding carboxylic acids is 2. The van der Waals surface area contributed by atoms with E-state index in [1.165, 1.54) is 0 Å². The first-order valence-electron chi connectivity index (χ1n) is 5.72. The molecule has 0 saturated carbocycles. The van der Waals surface area contributed by atoms with Gasteiger partial charge in [-0.2, -0.15) is 0 Å². The quantitative estimate of drug-likeness (QED) is 0.784. The first kappa shape index (κ1) is 13.2. The zero-order valence-electron chi connectivity index (χ0n) is 10.4. The summed E-state index contributed by atoms with van der Waals surface area (Å²) in [5.41, 5.74) is 1.59.